The van der Waals surface area contributed by atoms with E-state index in [-0.39, 0.29) is 5.91 Å². The molecule has 162 valence electrons. The zero-order chi connectivity index (χ0) is 22.3. The molecule has 3 aromatic carbocycles. The second-order valence-electron chi connectivity index (χ2n) is 7.28. The molecule has 1 aliphatic rings. The van der Waals surface area contributed by atoms with Gasteiger partial charge < -0.3 is 4.74 Å². The fourth-order valence-corrected chi connectivity index (χ4v) is 4.34. The van der Waals surface area contributed by atoms with Crippen LogP contribution in [0.2, 0.25) is 5.02 Å². The average Bonchev–Trinajstić information content (AvgIpc) is 3.10. The molecule has 1 fully saturated rings. The quantitative estimate of drug-likeness (QED) is 0.357. The third-order valence-corrected chi connectivity index (χ3v) is 6.07. The van der Waals surface area contributed by atoms with E-state index in [9.17, 15) is 4.79 Å². The summed E-state index contributed by atoms with van der Waals surface area (Å²) in [4.78, 5) is 20.1. The number of amidine groups is 1. The van der Waals surface area contributed by atoms with Crippen molar-refractivity contribution in [2.45, 2.75) is 20.0 Å². The lowest BCUT2D eigenvalue weighted by atomic mass is 10.2. The summed E-state index contributed by atoms with van der Waals surface area (Å²) in [5.41, 5.74) is 2.83. The first kappa shape index (κ1) is 22.2. The molecule has 6 heteroatoms. The van der Waals surface area contributed by atoms with Crippen molar-refractivity contribution in [1.29, 1.82) is 0 Å². The predicted octanol–water partition coefficient (Wildman–Crippen LogP) is 6.93. The Morgan fingerprint density at radius 1 is 1.00 bits per heavy atom. The number of carbonyl (C=O) groups excluding carboxylic acids is 1. The monoisotopic (exact) mass is 462 g/mol. The molecule has 0 bridgehead atoms. The molecular formula is C26H23ClN2O2S. The number of hydrogen-bond donors (Lipinski definition) is 0. The average molecular weight is 463 g/mol. The van der Waals surface area contributed by atoms with E-state index in [2.05, 4.69) is 4.99 Å². The Morgan fingerprint density at radius 3 is 2.41 bits per heavy atom. The van der Waals surface area contributed by atoms with Crippen LogP contribution < -0.4 is 4.74 Å². The number of rotatable bonds is 7. The maximum atomic E-state index is 13.0. The van der Waals surface area contributed by atoms with Gasteiger partial charge in [-0.1, -0.05) is 61.0 Å². The minimum atomic E-state index is -0.0195. The van der Waals surface area contributed by atoms with Crippen LogP contribution in [0.25, 0.3) is 6.08 Å². The molecule has 0 atom stereocenters. The van der Waals surface area contributed by atoms with Crippen molar-refractivity contribution >= 4 is 46.2 Å². The van der Waals surface area contributed by atoms with Gasteiger partial charge in [-0.2, -0.15) is 0 Å². The summed E-state index contributed by atoms with van der Waals surface area (Å²) in [6.45, 7) is 3.20. The Labute approximate surface area is 197 Å². The number of thioether (sulfide) groups is 1. The molecule has 4 rings (SSSR count). The third-order valence-electron chi connectivity index (χ3n) is 4.81. The van der Waals surface area contributed by atoms with Gasteiger partial charge in [-0.05, 0) is 71.8 Å². The van der Waals surface area contributed by atoms with Crippen molar-refractivity contribution in [3.63, 3.8) is 0 Å². The van der Waals surface area contributed by atoms with Crippen molar-refractivity contribution in [3.8, 4) is 5.75 Å². The van der Waals surface area contributed by atoms with Gasteiger partial charge in [0.05, 0.1) is 10.6 Å². The second kappa shape index (κ2) is 10.5. The maximum absolute atomic E-state index is 13.0. The molecule has 4 nitrogen and oxygen atoms in total. The predicted molar refractivity (Wildman–Crippen MR) is 133 cm³/mol. The van der Waals surface area contributed by atoms with Gasteiger partial charge in [0.15, 0.2) is 5.17 Å². The lowest BCUT2D eigenvalue weighted by molar-refractivity contribution is -0.122. The van der Waals surface area contributed by atoms with Crippen LogP contribution in [-0.4, -0.2) is 22.5 Å². The molecule has 0 aliphatic carbocycles. The van der Waals surface area contributed by atoms with Crippen LogP contribution in [0.3, 0.4) is 0 Å². The van der Waals surface area contributed by atoms with Crippen molar-refractivity contribution in [1.82, 2.24) is 4.90 Å². The summed E-state index contributed by atoms with van der Waals surface area (Å²) in [7, 11) is 0. The fraction of sp³-hybridized carbons (Fsp3) is 0.154. The van der Waals surface area contributed by atoms with Crippen LogP contribution >= 0.6 is 23.4 Å². The van der Waals surface area contributed by atoms with Crippen LogP contribution in [0, 0.1) is 0 Å². The van der Waals surface area contributed by atoms with E-state index in [0.29, 0.717) is 28.2 Å². The van der Waals surface area contributed by atoms with Gasteiger partial charge in [0, 0.05) is 11.6 Å². The van der Waals surface area contributed by atoms with Crippen LogP contribution in [0.4, 0.5) is 5.69 Å². The molecular weight excluding hydrogens is 440 g/mol. The molecule has 0 aromatic heterocycles. The Kier molecular flexibility index (Phi) is 7.30. The van der Waals surface area contributed by atoms with E-state index < -0.39 is 0 Å². The second-order valence-corrected chi connectivity index (χ2v) is 8.73. The van der Waals surface area contributed by atoms with Crippen LogP contribution in [0.1, 0.15) is 24.5 Å². The van der Waals surface area contributed by atoms with Crippen molar-refractivity contribution in [3.05, 3.63) is 99.9 Å². The molecule has 1 saturated heterocycles. The molecule has 0 saturated carbocycles. The SMILES string of the molecule is CCCN1C(=O)/C(=C/c2ccc(OCc3ccccc3)cc2)SC1=Nc1ccc(Cl)cc1. The zero-order valence-corrected chi connectivity index (χ0v) is 19.3. The molecule has 3 aromatic rings. The number of halogens is 1. The number of carbonyl (C=O) groups is 1. The van der Waals surface area contributed by atoms with Crippen LogP contribution in [0.15, 0.2) is 88.8 Å². The molecule has 1 amide bonds. The van der Waals surface area contributed by atoms with Crippen LogP contribution in [-0.2, 0) is 11.4 Å². The van der Waals surface area contributed by atoms with Crippen molar-refractivity contribution < 1.29 is 9.53 Å². The van der Waals surface area contributed by atoms with E-state index in [1.165, 1.54) is 11.8 Å². The summed E-state index contributed by atoms with van der Waals surface area (Å²) in [6, 6.07) is 25.1. The van der Waals surface area contributed by atoms with E-state index in [1.807, 2.05) is 79.7 Å². The first-order valence-corrected chi connectivity index (χ1v) is 11.6. The van der Waals surface area contributed by atoms with Crippen molar-refractivity contribution in [2.75, 3.05) is 6.54 Å². The Bertz CT molecular complexity index is 1130. The third kappa shape index (κ3) is 5.61. The summed E-state index contributed by atoms with van der Waals surface area (Å²) in [6.07, 6.45) is 2.76. The van der Waals surface area contributed by atoms with Gasteiger partial charge in [0.25, 0.3) is 5.91 Å². The first-order chi connectivity index (χ1) is 15.6. The fourth-order valence-electron chi connectivity index (χ4n) is 3.19. The standard InChI is InChI=1S/C26H23ClN2O2S/c1-2-16-29-25(30)24(32-26(29)28-22-12-10-21(27)11-13-22)17-19-8-14-23(15-9-19)31-18-20-6-4-3-5-7-20/h3-15,17H,2,16,18H2,1H3/b24-17-,28-26?. The van der Waals surface area contributed by atoms with Crippen LogP contribution in [0.5, 0.6) is 5.75 Å². The minimum Gasteiger partial charge on any atom is -0.489 e. The summed E-state index contributed by atoms with van der Waals surface area (Å²) in [5, 5.41) is 1.35. The summed E-state index contributed by atoms with van der Waals surface area (Å²) >= 11 is 7.36. The summed E-state index contributed by atoms with van der Waals surface area (Å²) < 4.78 is 5.85. The summed E-state index contributed by atoms with van der Waals surface area (Å²) in [5.74, 6) is 0.771. The minimum absolute atomic E-state index is 0.0195. The van der Waals surface area contributed by atoms with Gasteiger partial charge in [-0.15, -0.1) is 0 Å². The lowest BCUT2D eigenvalue weighted by Gasteiger charge is -2.13. The number of amides is 1. The lowest BCUT2D eigenvalue weighted by Crippen LogP contribution is -2.29. The number of ether oxygens (including phenoxy) is 1. The van der Waals surface area contributed by atoms with Crippen molar-refractivity contribution in [2.24, 2.45) is 4.99 Å². The van der Waals surface area contributed by atoms with Gasteiger partial charge in [-0.25, -0.2) is 4.99 Å². The highest BCUT2D eigenvalue weighted by molar-refractivity contribution is 8.18. The first-order valence-electron chi connectivity index (χ1n) is 10.4. The topological polar surface area (TPSA) is 41.9 Å². The van der Waals surface area contributed by atoms with Gasteiger partial charge in [0.1, 0.15) is 12.4 Å². The molecule has 1 aliphatic heterocycles. The highest BCUT2D eigenvalue weighted by atomic mass is 35.5. The van der Waals surface area contributed by atoms with Gasteiger partial charge in [0.2, 0.25) is 0 Å². The normalized spacial score (nSPS) is 16.2. The highest BCUT2D eigenvalue weighted by Gasteiger charge is 2.32. The largest absolute Gasteiger partial charge is 0.489 e. The number of hydrogen-bond acceptors (Lipinski definition) is 4. The molecule has 0 spiro atoms. The Morgan fingerprint density at radius 2 is 1.72 bits per heavy atom. The van der Waals surface area contributed by atoms with E-state index in [0.717, 1.165) is 29.0 Å². The molecule has 32 heavy (non-hydrogen) atoms. The smallest absolute Gasteiger partial charge is 0.266 e. The molecule has 1 heterocycles. The molecule has 0 radical (unpaired) electrons. The van der Waals surface area contributed by atoms with Gasteiger partial charge >= 0.3 is 0 Å². The number of benzene rings is 3. The number of nitrogens with zero attached hydrogens (tertiary/aromatic N) is 2. The van der Waals surface area contributed by atoms with E-state index >= 15 is 0 Å². The number of aliphatic imine (C=N–C) groups is 1. The van der Waals surface area contributed by atoms with E-state index in [1.54, 1.807) is 17.0 Å². The Balaban J connectivity index is 1.49. The Hall–Kier alpha value is -3.02. The molecule has 0 unspecified atom stereocenters. The molecule has 0 N–H and O–H groups in total. The zero-order valence-electron chi connectivity index (χ0n) is 17.7. The van der Waals surface area contributed by atoms with E-state index in [4.69, 9.17) is 16.3 Å². The van der Waals surface area contributed by atoms with Gasteiger partial charge in [-0.3, -0.25) is 9.69 Å². The maximum Gasteiger partial charge on any atom is 0.266 e. The highest BCUT2D eigenvalue weighted by Crippen LogP contribution is 2.34.